The summed E-state index contributed by atoms with van der Waals surface area (Å²) in [4.78, 5) is 79.0. The molecule has 448 valence electrons. The summed E-state index contributed by atoms with van der Waals surface area (Å²) in [6.07, 6.45) is 10.9. The fourth-order valence-corrected chi connectivity index (χ4v) is 10.7. The van der Waals surface area contributed by atoms with E-state index < -0.39 is 133 Å². The molecule has 0 unspecified atom stereocenters. The molecular weight excluding hydrogens is 1030 g/mol. The minimum absolute atomic E-state index is 0.164. The van der Waals surface area contributed by atoms with E-state index in [-0.39, 0.29) is 12.8 Å². The Hall–Kier alpha value is -1.69. The van der Waals surface area contributed by atoms with Gasteiger partial charge in [-0.25, -0.2) is 9.13 Å². The maximum Gasteiger partial charge on any atom is 0.472 e. The number of phosphoric acid groups is 2. The monoisotopic (exact) mass is 1130 g/mol. The number of esters is 1. The van der Waals surface area contributed by atoms with Gasteiger partial charge in [0.1, 0.15) is 54.8 Å². The van der Waals surface area contributed by atoms with Gasteiger partial charge >= 0.3 is 21.6 Å². The van der Waals surface area contributed by atoms with Gasteiger partial charge < -0.3 is 74.7 Å². The number of nitrogens with one attached hydrogen (secondary N) is 2. The van der Waals surface area contributed by atoms with E-state index in [9.17, 15) is 68.6 Å². The lowest BCUT2D eigenvalue weighted by Gasteiger charge is -2.45. The van der Waals surface area contributed by atoms with Gasteiger partial charge in [-0.1, -0.05) is 181 Å². The third-order valence-corrected chi connectivity index (χ3v) is 15.0. The summed E-state index contributed by atoms with van der Waals surface area (Å²) in [5.41, 5.74) is 0. The van der Waals surface area contributed by atoms with Crippen molar-refractivity contribution < 1.29 is 96.6 Å². The fourth-order valence-electron chi connectivity index (χ4n) is 9.70. The number of carbonyl (C=O) groups excluding carboxylic acids is 3. The Morgan fingerprint density at radius 2 is 0.947 bits per heavy atom. The molecule has 0 aromatic rings. The second-order valence-electron chi connectivity index (χ2n) is 20.9. The number of aliphatic hydroxyl groups is 5. The zero-order valence-electron chi connectivity index (χ0n) is 45.9. The smallest absolute Gasteiger partial charge is 0.462 e. The molecule has 2 fully saturated rings. The second kappa shape index (κ2) is 40.5. The highest BCUT2D eigenvalue weighted by atomic mass is 31.2. The zero-order valence-corrected chi connectivity index (χ0v) is 47.7. The van der Waals surface area contributed by atoms with Gasteiger partial charge in [-0.3, -0.25) is 23.4 Å². The molecule has 0 aromatic carbocycles. The second-order valence-corrected chi connectivity index (χ2v) is 23.3. The highest BCUT2D eigenvalue weighted by Gasteiger charge is 2.52. The summed E-state index contributed by atoms with van der Waals surface area (Å²) in [5.74, 6) is -2.11. The van der Waals surface area contributed by atoms with E-state index in [1.165, 1.54) is 57.8 Å². The van der Waals surface area contributed by atoms with Gasteiger partial charge in [0.2, 0.25) is 11.8 Å². The van der Waals surface area contributed by atoms with Crippen LogP contribution in [-0.4, -0.2) is 150 Å². The van der Waals surface area contributed by atoms with Crippen molar-refractivity contribution in [2.24, 2.45) is 0 Å². The molecule has 2 rings (SSSR count). The van der Waals surface area contributed by atoms with Gasteiger partial charge in [-0.15, -0.1) is 0 Å². The van der Waals surface area contributed by atoms with Gasteiger partial charge in [0.15, 0.2) is 12.6 Å². The topological polar surface area (TPSA) is 347 Å². The Labute approximate surface area is 452 Å². The number of amides is 2. The van der Waals surface area contributed by atoms with Crippen molar-refractivity contribution in [2.45, 2.75) is 300 Å². The number of carbonyl (C=O) groups is 3. The van der Waals surface area contributed by atoms with Gasteiger partial charge in [0, 0.05) is 6.42 Å². The average Bonchev–Trinajstić information content (AvgIpc) is 3.35. The Bertz CT molecular complexity index is 1640. The third-order valence-electron chi connectivity index (χ3n) is 14.0. The molecule has 2 amide bonds. The summed E-state index contributed by atoms with van der Waals surface area (Å²) >= 11 is 0. The lowest BCUT2D eigenvalue weighted by atomic mass is 9.95. The average molecular weight is 1140 g/mol. The zero-order chi connectivity index (χ0) is 56.4. The van der Waals surface area contributed by atoms with Crippen LogP contribution in [0.15, 0.2) is 0 Å². The Kier molecular flexibility index (Phi) is 37.5. The van der Waals surface area contributed by atoms with Crippen molar-refractivity contribution in [2.75, 3.05) is 13.2 Å². The molecule has 2 heterocycles. The van der Waals surface area contributed by atoms with E-state index >= 15 is 0 Å². The van der Waals surface area contributed by atoms with Crippen molar-refractivity contribution in [3.05, 3.63) is 0 Å². The summed E-state index contributed by atoms with van der Waals surface area (Å²) in [5, 5.41) is 59.8. The predicted octanol–water partition coefficient (Wildman–Crippen LogP) is 6.90. The summed E-state index contributed by atoms with van der Waals surface area (Å²) in [6, 6.07) is -3.52. The van der Waals surface area contributed by atoms with Gasteiger partial charge in [0.05, 0.1) is 32.2 Å². The standard InChI is InChI=1S/C52H100N2O20P2/c1-4-7-10-13-16-19-22-25-28-31-38(56)34-42(57)53-46-49(62)50(73-75(63,64)65)40(36-55)71-51(46)69-37-41-47(60)48(61)45(52(72-41)74-76(66,67)68)54-43(58)35-39(32-29-26-23-20-17-14-11-8-5-2)70-44(59)33-30-27-24-21-18-15-12-9-6-3/h38-41,45-52,55-56,60-62H,4-37H2,1-3H3,(H,53,57)(H,54,58)(H2,63,64,65)(H2,66,67,68)/t38-,39-,40-,41-,45+,46+,47-,48-,49-,50-,51-,52+/m1/s1. The number of rotatable bonds is 45. The van der Waals surface area contributed by atoms with E-state index in [0.717, 1.165) is 96.3 Å². The lowest BCUT2D eigenvalue weighted by molar-refractivity contribution is -0.294. The third kappa shape index (κ3) is 31.3. The number of hydrogen-bond donors (Lipinski definition) is 11. The Morgan fingerprint density at radius 1 is 0.526 bits per heavy atom. The molecule has 11 N–H and O–H groups in total. The fraction of sp³-hybridized carbons (Fsp3) is 0.942. The molecule has 0 radical (unpaired) electrons. The van der Waals surface area contributed by atoms with Crippen LogP contribution >= 0.6 is 15.6 Å². The number of phosphoric ester groups is 2. The van der Waals surface area contributed by atoms with Crippen molar-refractivity contribution in [1.82, 2.24) is 10.6 Å². The normalized spacial score (nSPS) is 25.0. The number of ether oxygens (including phenoxy) is 4. The molecule has 76 heavy (non-hydrogen) atoms. The first-order chi connectivity index (χ1) is 36.2. The summed E-state index contributed by atoms with van der Waals surface area (Å²) in [6.45, 7) is 4.66. The van der Waals surface area contributed by atoms with Crippen LogP contribution < -0.4 is 10.6 Å². The van der Waals surface area contributed by atoms with E-state index in [4.69, 9.17) is 28.0 Å². The van der Waals surface area contributed by atoms with E-state index in [1.54, 1.807) is 0 Å². The summed E-state index contributed by atoms with van der Waals surface area (Å²) in [7, 11) is -10.8. The van der Waals surface area contributed by atoms with E-state index in [2.05, 4.69) is 31.4 Å². The minimum Gasteiger partial charge on any atom is -0.462 e. The van der Waals surface area contributed by atoms with Crippen LogP contribution in [-0.2, 0) is 51.5 Å². The Balaban J connectivity index is 2.17. The van der Waals surface area contributed by atoms with E-state index in [1.807, 2.05) is 0 Å². The number of aliphatic hydroxyl groups excluding tert-OH is 5. The molecule has 2 aliphatic rings. The molecule has 0 aromatic heterocycles. The van der Waals surface area contributed by atoms with Crippen LogP contribution in [0, 0.1) is 0 Å². The van der Waals surface area contributed by atoms with Crippen molar-refractivity contribution >= 4 is 33.4 Å². The maximum atomic E-state index is 13.7. The molecule has 0 bridgehead atoms. The molecule has 24 heteroatoms. The van der Waals surface area contributed by atoms with Crippen LogP contribution in [0.5, 0.6) is 0 Å². The van der Waals surface area contributed by atoms with Gasteiger partial charge in [-0.2, -0.15) is 0 Å². The molecule has 0 aliphatic carbocycles. The van der Waals surface area contributed by atoms with Gasteiger partial charge in [0.25, 0.3) is 0 Å². The molecule has 0 saturated carbocycles. The first-order valence-electron chi connectivity index (χ1n) is 28.7. The quantitative estimate of drug-likeness (QED) is 0.0168. The highest BCUT2D eigenvalue weighted by molar-refractivity contribution is 7.46. The van der Waals surface area contributed by atoms with Crippen LogP contribution in [0.4, 0.5) is 0 Å². The van der Waals surface area contributed by atoms with Crippen molar-refractivity contribution in [3.8, 4) is 0 Å². The SMILES string of the molecule is CCCCCCCCCCCC(=O)O[C@H](CCCCCCCCCCC)CC(=O)N[C@@H]1[C@H](OP(=O)(O)O)O[C@H](CO[C@@H]2O[C@H](CO)[C@@H](OP(=O)(O)O)[C@H](O)[C@@H]2NC(=O)C[C@H](O)CCCCCCCCCCC)[C@@H](O)[C@@H]1O. The van der Waals surface area contributed by atoms with Crippen LogP contribution in [0.25, 0.3) is 0 Å². The maximum absolute atomic E-state index is 13.7. The molecule has 22 nitrogen and oxygen atoms in total. The molecule has 2 aliphatic heterocycles. The largest absolute Gasteiger partial charge is 0.472 e. The molecular formula is C52H100N2O20P2. The van der Waals surface area contributed by atoms with Crippen LogP contribution in [0.2, 0.25) is 0 Å². The van der Waals surface area contributed by atoms with Gasteiger partial charge in [-0.05, 0) is 25.7 Å². The van der Waals surface area contributed by atoms with Crippen molar-refractivity contribution in [1.29, 1.82) is 0 Å². The highest BCUT2D eigenvalue weighted by Crippen LogP contribution is 2.43. The Morgan fingerprint density at radius 3 is 1.42 bits per heavy atom. The lowest BCUT2D eigenvalue weighted by Crippen LogP contribution is -2.67. The first-order valence-corrected chi connectivity index (χ1v) is 31.8. The summed E-state index contributed by atoms with van der Waals surface area (Å²) < 4.78 is 56.7. The van der Waals surface area contributed by atoms with Crippen LogP contribution in [0.3, 0.4) is 0 Å². The predicted molar refractivity (Wildman–Crippen MR) is 283 cm³/mol. The minimum atomic E-state index is -5.45. The van der Waals surface area contributed by atoms with E-state index in [0.29, 0.717) is 25.7 Å². The first kappa shape index (κ1) is 70.4. The number of hydrogen-bond acceptors (Lipinski definition) is 16. The molecule has 12 atom stereocenters. The number of unbranched alkanes of at least 4 members (excludes halogenated alkanes) is 24. The molecule has 0 spiro atoms. The van der Waals surface area contributed by atoms with Crippen LogP contribution in [0.1, 0.15) is 226 Å². The molecule has 2 saturated heterocycles. The van der Waals surface area contributed by atoms with Crippen molar-refractivity contribution in [3.63, 3.8) is 0 Å².